The number of rotatable bonds is 5. The van der Waals surface area contributed by atoms with Crippen LogP contribution in [0.3, 0.4) is 0 Å². The van der Waals surface area contributed by atoms with Gasteiger partial charge in [-0.3, -0.25) is 4.79 Å². The van der Waals surface area contributed by atoms with E-state index in [0.717, 1.165) is 6.07 Å². The number of anilines is 1. The molecule has 0 aliphatic heterocycles. The molecule has 2 fully saturated rings. The smallest absolute Gasteiger partial charge is 0.382 e. The van der Waals surface area contributed by atoms with Gasteiger partial charge in [0.05, 0.1) is 5.52 Å². The van der Waals surface area contributed by atoms with Gasteiger partial charge < -0.3 is 10.6 Å². The number of pyridine rings is 1. The van der Waals surface area contributed by atoms with E-state index in [2.05, 4.69) is 15.6 Å². The Hall–Kier alpha value is -2.87. The van der Waals surface area contributed by atoms with Gasteiger partial charge in [-0.15, -0.1) is 0 Å². The zero-order chi connectivity index (χ0) is 24.7. The lowest BCUT2D eigenvalue weighted by Gasteiger charge is -2.31. The minimum absolute atomic E-state index is 0.00298. The molecular formula is C26H24ClF4N3O. The molecule has 9 heteroatoms. The van der Waals surface area contributed by atoms with E-state index >= 15 is 0 Å². The van der Waals surface area contributed by atoms with Crippen LogP contribution in [0.25, 0.3) is 10.9 Å². The Kier molecular flexibility index (Phi) is 6.34. The number of aromatic nitrogens is 1. The van der Waals surface area contributed by atoms with E-state index in [1.807, 2.05) is 0 Å². The first-order valence-corrected chi connectivity index (χ1v) is 12.1. The summed E-state index contributed by atoms with van der Waals surface area (Å²) >= 11 is 6.08. The average molecular weight is 506 g/mol. The highest BCUT2D eigenvalue weighted by atomic mass is 35.5. The number of nitrogens with one attached hydrogen (secondary N) is 2. The zero-order valence-corrected chi connectivity index (χ0v) is 19.5. The third kappa shape index (κ3) is 5.22. The van der Waals surface area contributed by atoms with Crippen LogP contribution in [0.4, 0.5) is 23.2 Å². The molecule has 2 saturated carbocycles. The maximum Gasteiger partial charge on any atom is 0.433 e. The summed E-state index contributed by atoms with van der Waals surface area (Å²) in [7, 11) is 0. The number of hydrogen-bond acceptors (Lipinski definition) is 3. The van der Waals surface area contributed by atoms with Crippen molar-refractivity contribution in [3.05, 3.63) is 70.6 Å². The Labute approximate surface area is 205 Å². The van der Waals surface area contributed by atoms with Gasteiger partial charge in [0.1, 0.15) is 11.5 Å². The molecule has 35 heavy (non-hydrogen) atoms. The van der Waals surface area contributed by atoms with Crippen molar-refractivity contribution < 1.29 is 22.4 Å². The first-order valence-electron chi connectivity index (χ1n) is 11.7. The highest BCUT2D eigenvalue weighted by molar-refractivity contribution is 6.31. The Balaban J connectivity index is 1.20. The molecule has 2 atom stereocenters. The second-order valence-corrected chi connectivity index (χ2v) is 9.82. The quantitative estimate of drug-likeness (QED) is 0.380. The Morgan fingerprint density at radius 3 is 2.43 bits per heavy atom. The largest absolute Gasteiger partial charge is 0.433 e. The van der Waals surface area contributed by atoms with Gasteiger partial charge in [-0.05, 0) is 73.9 Å². The van der Waals surface area contributed by atoms with Crippen molar-refractivity contribution >= 4 is 34.1 Å². The zero-order valence-electron chi connectivity index (χ0n) is 18.7. The molecule has 2 aliphatic carbocycles. The van der Waals surface area contributed by atoms with Gasteiger partial charge in [-0.2, -0.15) is 13.2 Å². The van der Waals surface area contributed by atoms with Gasteiger partial charge in [-0.1, -0.05) is 29.8 Å². The summed E-state index contributed by atoms with van der Waals surface area (Å²) in [4.78, 5) is 16.4. The second kappa shape index (κ2) is 9.30. The van der Waals surface area contributed by atoms with Gasteiger partial charge in [0.25, 0.3) is 0 Å². The lowest BCUT2D eigenvalue weighted by Crippen LogP contribution is -2.41. The summed E-state index contributed by atoms with van der Waals surface area (Å²) in [6.07, 6.45) is -1.12. The van der Waals surface area contributed by atoms with Crippen molar-refractivity contribution in [2.24, 2.45) is 5.92 Å². The standard InChI is InChI=1S/C26H24ClF4N3O/c27-14-5-10-22-20(11-14)23(13-24(34-22)26(29,30)31)32-15-6-8-16(9-7-15)33-25(35)19-12-18(19)17-3-1-2-4-21(17)28/h1-5,10-11,13,15-16,18-19H,6-9,12H2,(H,32,34)(H,33,35)/t15?,16?,18-,19+/m0/s1. The van der Waals surface area contributed by atoms with Crippen LogP contribution in [0.15, 0.2) is 48.5 Å². The molecular weight excluding hydrogens is 482 g/mol. The molecule has 0 bridgehead atoms. The molecule has 0 spiro atoms. The van der Waals surface area contributed by atoms with Crippen molar-refractivity contribution in [3.8, 4) is 0 Å². The van der Waals surface area contributed by atoms with Gasteiger partial charge in [0, 0.05) is 34.1 Å². The molecule has 184 valence electrons. The Morgan fingerprint density at radius 1 is 1.00 bits per heavy atom. The number of nitrogens with zero attached hydrogens (tertiary/aromatic N) is 1. The first-order chi connectivity index (χ1) is 16.7. The Morgan fingerprint density at radius 2 is 1.71 bits per heavy atom. The molecule has 4 nitrogen and oxygen atoms in total. The number of benzene rings is 2. The number of amides is 1. The van der Waals surface area contributed by atoms with E-state index in [-0.39, 0.29) is 41.2 Å². The van der Waals surface area contributed by atoms with Crippen molar-refractivity contribution in [3.63, 3.8) is 0 Å². The summed E-state index contributed by atoms with van der Waals surface area (Å²) in [5.74, 6) is -0.627. The summed E-state index contributed by atoms with van der Waals surface area (Å²) in [5.41, 5.74) is 0.206. The van der Waals surface area contributed by atoms with Crippen molar-refractivity contribution in [2.75, 3.05) is 5.32 Å². The topological polar surface area (TPSA) is 54.0 Å². The van der Waals surface area contributed by atoms with Crippen LogP contribution in [0, 0.1) is 11.7 Å². The van der Waals surface area contributed by atoms with Crippen LogP contribution in [0.1, 0.15) is 49.3 Å². The van der Waals surface area contributed by atoms with E-state index in [1.165, 1.54) is 18.2 Å². The van der Waals surface area contributed by atoms with E-state index in [0.29, 0.717) is 53.8 Å². The van der Waals surface area contributed by atoms with E-state index in [4.69, 9.17) is 11.6 Å². The lowest BCUT2D eigenvalue weighted by atomic mass is 9.90. The third-order valence-electron chi connectivity index (χ3n) is 6.93. The van der Waals surface area contributed by atoms with E-state index in [1.54, 1.807) is 24.3 Å². The van der Waals surface area contributed by atoms with Crippen LogP contribution < -0.4 is 10.6 Å². The molecule has 5 rings (SSSR count). The van der Waals surface area contributed by atoms with Crippen LogP contribution in [-0.2, 0) is 11.0 Å². The third-order valence-corrected chi connectivity index (χ3v) is 7.16. The van der Waals surface area contributed by atoms with E-state index < -0.39 is 11.9 Å². The fourth-order valence-electron chi connectivity index (χ4n) is 4.98. The summed E-state index contributed by atoms with van der Waals surface area (Å²) < 4.78 is 54.1. The second-order valence-electron chi connectivity index (χ2n) is 9.39. The molecule has 0 unspecified atom stereocenters. The maximum atomic E-state index is 14.0. The fraction of sp³-hybridized carbons (Fsp3) is 0.385. The van der Waals surface area contributed by atoms with Gasteiger partial charge in [0.2, 0.25) is 5.91 Å². The summed E-state index contributed by atoms with van der Waals surface area (Å²) in [6, 6.07) is 12.1. The molecule has 2 aromatic carbocycles. The predicted molar refractivity (Wildman–Crippen MR) is 127 cm³/mol. The molecule has 1 aromatic heterocycles. The average Bonchev–Trinajstić information content (AvgIpc) is 3.61. The monoisotopic (exact) mass is 505 g/mol. The summed E-state index contributed by atoms with van der Waals surface area (Å²) in [6.45, 7) is 0. The number of halogens is 5. The number of fused-ring (bicyclic) bond motifs is 1. The molecule has 0 radical (unpaired) electrons. The number of alkyl halides is 3. The SMILES string of the molecule is O=C(NC1CCC(Nc2cc(C(F)(F)F)nc3ccc(Cl)cc23)CC1)[C@@H]1C[C@H]1c1ccccc1F. The van der Waals surface area contributed by atoms with Gasteiger partial charge in [0.15, 0.2) is 0 Å². The Bertz CT molecular complexity index is 1260. The molecule has 2 N–H and O–H groups in total. The lowest BCUT2D eigenvalue weighted by molar-refractivity contribution is -0.140. The predicted octanol–water partition coefficient (Wildman–Crippen LogP) is 6.69. The van der Waals surface area contributed by atoms with Gasteiger partial charge >= 0.3 is 6.18 Å². The maximum absolute atomic E-state index is 14.0. The highest BCUT2D eigenvalue weighted by Gasteiger charge is 2.45. The highest BCUT2D eigenvalue weighted by Crippen LogP contribution is 2.48. The number of carbonyl (C=O) groups excluding carboxylic acids is 1. The fourth-order valence-corrected chi connectivity index (χ4v) is 5.15. The van der Waals surface area contributed by atoms with Crippen molar-refractivity contribution in [1.82, 2.24) is 10.3 Å². The van der Waals surface area contributed by atoms with Crippen LogP contribution in [0.5, 0.6) is 0 Å². The molecule has 1 amide bonds. The molecule has 3 aromatic rings. The minimum Gasteiger partial charge on any atom is -0.382 e. The van der Waals surface area contributed by atoms with Crippen molar-refractivity contribution in [1.29, 1.82) is 0 Å². The van der Waals surface area contributed by atoms with Crippen molar-refractivity contribution in [2.45, 2.75) is 56.3 Å². The van der Waals surface area contributed by atoms with Crippen LogP contribution >= 0.6 is 11.6 Å². The minimum atomic E-state index is -4.56. The van der Waals surface area contributed by atoms with E-state index in [9.17, 15) is 22.4 Å². The number of hydrogen-bond donors (Lipinski definition) is 2. The first kappa shape index (κ1) is 23.9. The van der Waals surface area contributed by atoms with Crippen LogP contribution in [0.2, 0.25) is 5.02 Å². The van der Waals surface area contributed by atoms with Crippen LogP contribution in [-0.4, -0.2) is 23.0 Å². The molecule has 2 aliphatic rings. The molecule has 1 heterocycles. The number of carbonyl (C=O) groups is 1. The summed E-state index contributed by atoms with van der Waals surface area (Å²) in [5, 5.41) is 7.29. The normalized spacial score (nSPS) is 24.3. The molecule has 0 saturated heterocycles. The van der Waals surface area contributed by atoms with Gasteiger partial charge in [-0.25, -0.2) is 9.37 Å².